The van der Waals surface area contributed by atoms with Crippen LogP contribution in [0, 0.1) is 5.82 Å². The van der Waals surface area contributed by atoms with E-state index in [-0.39, 0.29) is 30.8 Å². The standard InChI is InChI=1S/C27H28FN3O4S/c1-16(2)35-26(33)24-17(3)30-27-31(25(24)19-7-11-22(34-4)12-8-19)21(15-36-27)13-23(32)29-14-18-5-9-20(28)10-6-18/h5-12,15-16,25H,13-14H2,1-4H3,(H,29,32)/t25-/m0/s1. The zero-order chi connectivity index (χ0) is 25.8. The van der Waals surface area contributed by atoms with Crippen LogP contribution >= 0.6 is 11.8 Å². The first-order valence-corrected chi connectivity index (χ1v) is 12.4. The Morgan fingerprint density at radius 2 is 1.83 bits per heavy atom. The number of allylic oxidation sites excluding steroid dienone is 1. The minimum Gasteiger partial charge on any atom is -0.497 e. The Bertz CT molecular complexity index is 1240. The molecule has 0 aromatic heterocycles. The van der Waals surface area contributed by atoms with Gasteiger partial charge in [0.1, 0.15) is 11.6 Å². The van der Waals surface area contributed by atoms with Gasteiger partial charge in [-0.15, -0.1) is 0 Å². The van der Waals surface area contributed by atoms with Crippen LogP contribution in [0.1, 0.15) is 44.4 Å². The van der Waals surface area contributed by atoms with Crippen molar-refractivity contribution in [2.24, 2.45) is 4.99 Å². The second kappa shape index (κ2) is 11.0. The molecule has 188 valence electrons. The topological polar surface area (TPSA) is 80.2 Å². The maximum atomic E-state index is 13.2. The lowest BCUT2D eigenvalue weighted by molar-refractivity contribution is -0.143. The van der Waals surface area contributed by atoms with Crippen molar-refractivity contribution in [1.29, 1.82) is 0 Å². The van der Waals surface area contributed by atoms with E-state index in [1.807, 2.05) is 34.6 Å². The monoisotopic (exact) mass is 509 g/mol. The summed E-state index contributed by atoms with van der Waals surface area (Å²) < 4.78 is 24.0. The third-order valence-corrected chi connectivity index (χ3v) is 6.63. The van der Waals surface area contributed by atoms with Gasteiger partial charge in [-0.05, 0) is 61.6 Å². The Kier molecular flexibility index (Phi) is 7.79. The Balaban J connectivity index is 1.60. The van der Waals surface area contributed by atoms with Gasteiger partial charge in [0.25, 0.3) is 0 Å². The molecule has 2 aromatic rings. The van der Waals surface area contributed by atoms with E-state index in [9.17, 15) is 14.0 Å². The largest absolute Gasteiger partial charge is 0.497 e. The Hall–Kier alpha value is -3.59. The predicted octanol–water partition coefficient (Wildman–Crippen LogP) is 5.07. The molecule has 2 heterocycles. The Labute approximate surface area is 214 Å². The Morgan fingerprint density at radius 3 is 2.47 bits per heavy atom. The van der Waals surface area contributed by atoms with Crippen molar-refractivity contribution in [3.8, 4) is 5.75 Å². The first-order valence-electron chi connectivity index (χ1n) is 11.6. The highest BCUT2D eigenvalue weighted by Gasteiger charge is 2.41. The summed E-state index contributed by atoms with van der Waals surface area (Å²) in [7, 11) is 1.60. The third kappa shape index (κ3) is 5.62. The van der Waals surface area contributed by atoms with E-state index in [4.69, 9.17) is 9.47 Å². The number of benzene rings is 2. The molecule has 0 spiro atoms. The van der Waals surface area contributed by atoms with E-state index in [1.165, 1.54) is 23.9 Å². The number of amidine groups is 1. The highest BCUT2D eigenvalue weighted by molar-refractivity contribution is 8.16. The zero-order valence-electron chi connectivity index (χ0n) is 20.6. The maximum Gasteiger partial charge on any atom is 0.338 e. The molecule has 2 aliphatic heterocycles. The quantitative estimate of drug-likeness (QED) is 0.501. The number of rotatable bonds is 8. The predicted molar refractivity (Wildman–Crippen MR) is 137 cm³/mol. The number of ether oxygens (including phenoxy) is 2. The minimum absolute atomic E-state index is 0.0887. The molecule has 2 aromatic carbocycles. The molecule has 0 saturated heterocycles. The van der Waals surface area contributed by atoms with Gasteiger partial charge in [0.05, 0.1) is 36.9 Å². The van der Waals surface area contributed by atoms with Gasteiger partial charge >= 0.3 is 5.97 Å². The van der Waals surface area contributed by atoms with Gasteiger partial charge in [-0.3, -0.25) is 4.79 Å². The van der Waals surface area contributed by atoms with E-state index in [0.29, 0.717) is 22.2 Å². The second-order valence-electron chi connectivity index (χ2n) is 8.70. The molecule has 9 heteroatoms. The van der Waals surface area contributed by atoms with E-state index < -0.39 is 12.0 Å². The molecule has 0 radical (unpaired) electrons. The number of hydrogen-bond acceptors (Lipinski definition) is 7. The molecule has 0 saturated carbocycles. The molecule has 2 aliphatic rings. The molecule has 1 amide bonds. The van der Waals surface area contributed by atoms with Crippen LogP contribution in [0.2, 0.25) is 0 Å². The average Bonchev–Trinajstić information content (AvgIpc) is 3.24. The van der Waals surface area contributed by atoms with Crippen molar-refractivity contribution in [2.45, 2.75) is 45.9 Å². The van der Waals surface area contributed by atoms with E-state index in [1.54, 1.807) is 40.0 Å². The second-order valence-corrected chi connectivity index (χ2v) is 9.54. The SMILES string of the molecule is COc1ccc([C@H]2C(C(=O)OC(C)C)=C(C)N=C3SC=C(CC(=O)NCc4ccc(F)cc4)N32)cc1. The summed E-state index contributed by atoms with van der Waals surface area (Å²) in [5, 5.41) is 5.46. The van der Waals surface area contributed by atoms with Crippen LogP contribution in [0.25, 0.3) is 0 Å². The van der Waals surface area contributed by atoms with Crippen molar-refractivity contribution < 1.29 is 23.5 Å². The molecule has 4 rings (SSSR count). The number of amides is 1. The van der Waals surface area contributed by atoms with Crippen LogP contribution in [-0.4, -0.2) is 35.2 Å². The van der Waals surface area contributed by atoms with Gasteiger partial charge in [0.2, 0.25) is 5.91 Å². The fourth-order valence-corrected chi connectivity index (χ4v) is 5.00. The number of thioether (sulfide) groups is 1. The van der Waals surface area contributed by atoms with E-state index in [0.717, 1.165) is 16.8 Å². The van der Waals surface area contributed by atoms with Crippen LogP contribution in [0.4, 0.5) is 4.39 Å². The van der Waals surface area contributed by atoms with Crippen LogP contribution < -0.4 is 10.1 Å². The van der Waals surface area contributed by atoms with Gasteiger partial charge in [-0.2, -0.15) is 0 Å². The molecular weight excluding hydrogens is 481 g/mol. The lowest BCUT2D eigenvalue weighted by Gasteiger charge is -2.36. The number of hydrogen-bond donors (Lipinski definition) is 1. The van der Waals surface area contributed by atoms with Gasteiger partial charge in [-0.25, -0.2) is 14.2 Å². The number of fused-ring (bicyclic) bond motifs is 1. The number of methoxy groups -OCH3 is 1. The number of halogens is 1. The highest BCUT2D eigenvalue weighted by atomic mass is 32.2. The Morgan fingerprint density at radius 1 is 1.14 bits per heavy atom. The summed E-state index contributed by atoms with van der Waals surface area (Å²) >= 11 is 1.41. The number of nitrogens with zero attached hydrogens (tertiary/aromatic N) is 2. The number of carbonyl (C=O) groups excluding carboxylic acids is 2. The summed E-state index contributed by atoms with van der Waals surface area (Å²) in [6.07, 6.45) is -0.203. The fraction of sp³-hybridized carbons (Fsp3) is 0.296. The molecule has 1 atom stereocenters. The van der Waals surface area contributed by atoms with Gasteiger partial charge < -0.3 is 19.7 Å². The molecule has 7 nitrogen and oxygen atoms in total. The minimum atomic E-state index is -0.513. The summed E-state index contributed by atoms with van der Waals surface area (Å²) in [5.74, 6) is -0.265. The van der Waals surface area contributed by atoms with Gasteiger partial charge in [0, 0.05) is 12.2 Å². The number of nitrogens with one attached hydrogen (secondary N) is 1. The smallest absolute Gasteiger partial charge is 0.338 e. The summed E-state index contributed by atoms with van der Waals surface area (Å²) in [4.78, 5) is 32.6. The first kappa shape index (κ1) is 25.5. The fourth-order valence-electron chi connectivity index (χ4n) is 4.04. The number of carbonyl (C=O) groups is 2. The van der Waals surface area contributed by atoms with Crippen LogP contribution in [0.3, 0.4) is 0 Å². The average molecular weight is 510 g/mol. The molecule has 0 aliphatic carbocycles. The molecule has 0 unspecified atom stereocenters. The molecular formula is C27H28FN3O4S. The van der Waals surface area contributed by atoms with Crippen LogP contribution in [-0.2, 0) is 20.9 Å². The van der Waals surface area contributed by atoms with Crippen molar-refractivity contribution >= 4 is 28.8 Å². The van der Waals surface area contributed by atoms with Crippen LogP contribution in [0.15, 0.2) is 75.9 Å². The summed E-state index contributed by atoms with van der Waals surface area (Å²) in [6.45, 7) is 5.69. The first-order chi connectivity index (χ1) is 17.3. The van der Waals surface area contributed by atoms with Crippen LogP contribution in [0.5, 0.6) is 5.75 Å². The van der Waals surface area contributed by atoms with Gasteiger partial charge in [-0.1, -0.05) is 36.0 Å². The van der Waals surface area contributed by atoms with Crippen molar-refractivity contribution in [3.05, 3.63) is 87.9 Å². The van der Waals surface area contributed by atoms with E-state index >= 15 is 0 Å². The lowest BCUT2D eigenvalue weighted by atomic mass is 9.93. The van der Waals surface area contributed by atoms with E-state index in [2.05, 4.69) is 10.3 Å². The highest BCUT2D eigenvalue weighted by Crippen LogP contribution is 2.45. The summed E-state index contributed by atoms with van der Waals surface area (Å²) in [5.41, 5.74) is 3.37. The molecule has 36 heavy (non-hydrogen) atoms. The molecule has 1 N–H and O–H groups in total. The zero-order valence-corrected chi connectivity index (χ0v) is 21.4. The normalized spacial score (nSPS) is 16.9. The number of esters is 1. The number of aliphatic imine (C=N–C) groups is 1. The van der Waals surface area contributed by atoms with Crippen molar-refractivity contribution in [2.75, 3.05) is 7.11 Å². The van der Waals surface area contributed by atoms with Gasteiger partial charge in [0.15, 0.2) is 5.17 Å². The molecule has 0 bridgehead atoms. The lowest BCUT2D eigenvalue weighted by Crippen LogP contribution is -2.38. The van der Waals surface area contributed by atoms with Crippen molar-refractivity contribution in [3.63, 3.8) is 0 Å². The maximum absolute atomic E-state index is 13.2. The van der Waals surface area contributed by atoms with Crippen molar-refractivity contribution in [1.82, 2.24) is 10.2 Å². The summed E-state index contributed by atoms with van der Waals surface area (Å²) in [6, 6.07) is 13.0. The third-order valence-electron chi connectivity index (χ3n) is 5.74. The molecule has 0 fully saturated rings.